The van der Waals surface area contributed by atoms with E-state index in [9.17, 15) is 4.79 Å². The first-order chi connectivity index (χ1) is 13.3. The SMILES string of the molecule is O=C(Nc1ncc(SN2CCCC2)s1)N(C1CCCCC1)C1CCCCC1. The molecule has 0 unspecified atom stereocenters. The summed E-state index contributed by atoms with van der Waals surface area (Å²) in [6.07, 6.45) is 16.8. The van der Waals surface area contributed by atoms with E-state index in [-0.39, 0.29) is 6.03 Å². The number of carbonyl (C=O) groups excluding carboxylic acids is 1. The minimum atomic E-state index is 0.0841. The highest BCUT2D eigenvalue weighted by Gasteiger charge is 2.32. The fourth-order valence-corrected chi connectivity index (χ4v) is 6.81. The molecule has 1 aromatic rings. The van der Waals surface area contributed by atoms with Gasteiger partial charge in [-0.25, -0.2) is 14.1 Å². The van der Waals surface area contributed by atoms with E-state index in [4.69, 9.17) is 0 Å². The van der Waals surface area contributed by atoms with Crippen molar-refractivity contribution in [2.45, 2.75) is 93.3 Å². The standard InChI is InChI=1S/C20H32N4OS2/c25-20(22-19-21-15-18(26-19)27-23-13-7-8-14-23)24(16-9-3-1-4-10-16)17-11-5-2-6-12-17/h15-17H,1-14H2,(H,21,22,25). The third-order valence-electron chi connectivity index (χ3n) is 6.15. The van der Waals surface area contributed by atoms with Crippen LogP contribution in [-0.4, -0.2) is 45.4 Å². The van der Waals surface area contributed by atoms with Crippen LogP contribution >= 0.6 is 23.3 Å². The van der Waals surface area contributed by atoms with Gasteiger partial charge in [-0.05, 0) is 50.5 Å². The molecule has 1 N–H and O–H groups in total. The van der Waals surface area contributed by atoms with Gasteiger partial charge in [0.15, 0.2) is 5.13 Å². The topological polar surface area (TPSA) is 48.5 Å². The Bertz CT molecular complexity index is 587. The van der Waals surface area contributed by atoms with Gasteiger partial charge in [-0.1, -0.05) is 49.9 Å². The van der Waals surface area contributed by atoms with Crippen molar-refractivity contribution < 1.29 is 4.79 Å². The van der Waals surface area contributed by atoms with E-state index in [0.29, 0.717) is 12.1 Å². The molecule has 1 saturated heterocycles. The van der Waals surface area contributed by atoms with Gasteiger partial charge in [-0.15, -0.1) is 0 Å². The number of urea groups is 1. The van der Waals surface area contributed by atoms with Gasteiger partial charge in [0.1, 0.15) is 0 Å². The van der Waals surface area contributed by atoms with Crippen LogP contribution in [0.1, 0.15) is 77.0 Å². The second-order valence-electron chi connectivity index (χ2n) is 8.13. The molecule has 1 aromatic heterocycles. The molecular weight excluding hydrogens is 376 g/mol. The lowest BCUT2D eigenvalue weighted by Gasteiger charge is -2.41. The van der Waals surface area contributed by atoms with Gasteiger partial charge in [-0.3, -0.25) is 5.32 Å². The van der Waals surface area contributed by atoms with Crippen LogP contribution in [0.4, 0.5) is 9.93 Å². The highest BCUT2D eigenvalue weighted by Crippen LogP contribution is 2.34. The number of nitrogens with one attached hydrogen (secondary N) is 1. The summed E-state index contributed by atoms with van der Waals surface area (Å²) in [6, 6.07) is 0.918. The van der Waals surface area contributed by atoms with Crippen LogP contribution in [0.2, 0.25) is 0 Å². The summed E-state index contributed by atoms with van der Waals surface area (Å²) in [4.78, 5) is 19.9. The summed E-state index contributed by atoms with van der Waals surface area (Å²) in [6.45, 7) is 2.31. The lowest BCUT2D eigenvalue weighted by molar-refractivity contribution is 0.114. The van der Waals surface area contributed by atoms with Crippen molar-refractivity contribution in [3.63, 3.8) is 0 Å². The summed E-state index contributed by atoms with van der Waals surface area (Å²) in [5.41, 5.74) is 0. The van der Waals surface area contributed by atoms with Crippen LogP contribution in [0, 0.1) is 0 Å². The zero-order valence-corrected chi connectivity index (χ0v) is 17.8. The summed E-state index contributed by atoms with van der Waals surface area (Å²) in [5.74, 6) is 0. The third kappa shape index (κ3) is 5.18. The van der Waals surface area contributed by atoms with Gasteiger partial charge in [0.25, 0.3) is 0 Å². The Labute approximate surface area is 171 Å². The second kappa shape index (κ2) is 9.61. The van der Waals surface area contributed by atoms with Gasteiger partial charge >= 0.3 is 6.03 Å². The number of thiazole rings is 1. The Morgan fingerprint density at radius 2 is 1.59 bits per heavy atom. The molecule has 3 fully saturated rings. The molecule has 5 nitrogen and oxygen atoms in total. The average Bonchev–Trinajstić information content (AvgIpc) is 3.36. The number of nitrogens with zero attached hydrogens (tertiary/aromatic N) is 3. The molecule has 0 radical (unpaired) electrons. The van der Waals surface area contributed by atoms with E-state index in [1.807, 2.05) is 6.20 Å². The molecule has 2 heterocycles. The maximum Gasteiger partial charge on any atom is 0.324 e. The number of carbonyl (C=O) groups is 1. The van der Waals surface area contributed by atoms with Crippen LogP contribution in [0.5, 0.6) is 0 Å². The summed E-state index contributed by atoms with van der Waals surface area (Å²) >= 11 is 3.40. The van der Waals surface area contributed by atoms with Crippen molar-refractivity contribution in [2.24, 2.45) is 0 Å². The minimum Gasteiger partial charge on any atom is -0.319 e. The zero-order valence-electron chi connectivity index (χ0n) is 16.2. The Kier molecular flexibility index (Phi) is 6.95. The molecular formula is C20H32N4OS2. The van der Waals surface area contributed by atoms with Gasteiger partial charge in [0, 0.05) is 25.2 Å². The average molecular weight is 409 g/mol. The number of hydrogen-bond acceptors (Lipinski definition) is 5. The molecule has 0 aromatic carbocycles. The molecule has 2 saturated carbocycles. The van der Waals surface area contributed by atoms with Crippen LogP contribution in [-0.2, 0) is 0 Å². The van der Waals surface area contributed by atoms with E-state index in [1.165, 1.54) is 55.6 Å². The molecule has 150 valence electrons. The fraction of sp³-hybridized carbons (Fsp3) is 0.800. The van der Waals surface area contributed by atoms with Gasteiger partial charge in [0.2, 0.25) is 0 Å². The van der Waals surface area contributed by atoms with Gasteiger partial charge in [-0.2, -0.15) is 0 Å². The number of hydrogen-bond donors (Lipinski definition) is 1. The number of rotatable bonds is 5. The molecule has 1 aliphatic heterocycles. The molecule has 0 spiro atoms. The molecule has 3 aliphatic rings. The van der Waals surface area contributed by atoms with Crippen molar-refractivity contribution in [2.75, 3.05) is 18.4 Å². The Morgan fingerprint density at radius 3 is 2.19 bits per heavy atom. The first-order valence-corrected chi connectivity index (χ1v) is 12.4. The van der Waals surface area contributed by atoms with Crippen LogP contribution < -0.4 is 5.32 Å². The molecule has 4 rings (SSSR count). The Morgan fingerprint density at radius 1 is 1.00 bits per heavy atom. The van der Waals surface area contributed by atoms with Crippen molar-refractivity contribution >= 4 is 34.4 Å². The smallest absolute Gasteiger partial charge is 0.319 e. The van der Waals surface area contributed by atoms with E-state index in [2.05, 4.69) is 19.5 Å². The van der Waals surface area contributed by atoms with Crippen LogP contribution in [0.25, 0.3) is 0 Å². The number of anilines is 1. The number of aromatic nitrogens is 1. The van der Waals surface area contributed by atoms with E-state index < -0.39 is 0 Å². The molecule has 7 heteroatoms. The van der Waals surface area contributed by atoms with E-state index in [0.717, 1.165) is 43.9 Å². The van der Waals surface area contributed by atoms with Crippen molar-refractivity contribution in [1.82, 2.24) is 14.2 Å². The summed E-state index contributed by atoms with van der Waals surface area (Å²) in [7, 11) is 0. The van der Waals surface area contributed by atoms with Crippen LogP contribution in [0.3, 0.4) is 0 Å². The predicted molar refractivity (Wildman–Crippen MR) is 113 cm³/mol. The van der Waals surface area contributed by atoms with Gasteiger partial charge in [0.05, 0.1) is 10.4 Å². The normalized spacial score (nSPS) is 22.8. The second-order valence-corrected chi connectivity index (χ2v) is 10.6. The van der Waals surface area contributed by atoms with Gasteiger partial charge < -0.3 is 4.90 Å². The number of amides is 2. The van der Waals surface area contributed by atoms with Crippen LogP contribution in [0.15, 0.2) is 10.4 Å². The first-order valence-electron chi connectivity index (χ1n) is 10.8. The highest BCUT2D eigenvalue weighted by atomic mass is 32.2. The zero-order chi connectivity index (χ0) is 18.5. The predicted octanol–water partition coefficient (Wildman–Crippen LogP) is 5.75. The summed E-state index contributed by atoms with van der Waals surface area (Å²) < 4.78 is 3.57. The van der Waals surface area contributed by atoms with E-state index in [1.54, 1.807) is 23.3 Å². The van der Waals surface area contributed by atoms with E-state index >= 15 is 0 Å². The quantitative estimate of drug-likeness (QED) is 0.631. The maximum atomic E-state index is 13.2. The largest absolute Gasteiger partial charge is 0.324 e. The first kappa shape index (κ1) is 19.5. The van der Waals surface area contributed by atoms with Crippen molar-refractivity contribution in [3.8, 4) is 0 Å². The Balaban J connectivity index is 1.40. The molecule has 27 heavy (non-hydrogen) atoms. The molecule has 2 amide bonds. The molecule has 0 atom stereocenters. The highest BCUT2D eigenvalue weighted by molar-refractivity contribution is 7.99. The lowest BCUT2D eigenvalue weighted by atomic mass is 9.89. The third-order valence-corrected chi connectivity index (χ3v) is 8.24. The Hall–Kier alpha value is -0.790. The lowest BCUT2D eigenvalue weighted by Crippen LogP contribution is -2.50. The molecule has 2 aliphatic carbocycles. The van der Waals surface area contributed by atoms with Crippen molar-refractivity contribution in [3.05, 3.63) is 6.20 Å². The minimum absolute atomic E-state index is 0.0841. The monoisotopic (exact) mass is 408 g/mol. The molecule has 0 bridgehead atoms. The van der Waals surface area contributed by atoms with Crippen molar-refractivity contribution in [1.29, 1.82) is 0 Å². The fourth-order valence-electron chi connectivity index (χ4n) is 4.77. The summed E-state index contributed by atoms with van der Waals surface area (Å²) in [5, 5.41) is 3.89. The maximum absolute atomic E-state index is 13.2.